The molecule has 0 fully saturated rings. The summed E-state index contributed by atoms with van der Waals surface area (Å²) in [6.45, 7) is 3.54. The Morgan fingerprint density at radius 2 is 1.93 bits per heavy atom. The maximum Gasteiger partial charge on any atom is 0.331 e. The number of aryl methyl sites for hydroxylation is 1. The van der Waals surface area contributed by atoms with E-state index in [1.54, 1.807) is 18.2 Å². The van der Waals surface area contributed by atoms with Gasteiger partial charge in [-0.25, -0.2) is 9.48 Å². The van der Waals surface area contributed by atoms with Crippen LogP contribution in [0.25, 0.3) is 11.8 Å². The van der Waals surface area contributed by atoms with Gasteiger partial charge in [-0.3, -0.25) is 4.79 Å². The van der Waals surface area contributed by atoms with Crippen LogP contribution >= 0.6 is 27.3 Å². The molecule has 0 aliphatic carbocycles. The highest BCUT2D eigenvalue weighted by atomic mass is 79.9. The fraction of sp³-hybridized carbons (Fsp3) is 0.150. The predicted octanol–water partition coefficient (Wildman–Crippen LogP) is 4.75. The highest BCUT2D eigenvalue weighted by Gasteiger charge is 2.13. The van der Waals surface area contributed by atoms with Gasteiger partial charge in [-0.1, -0.05) is 18.2 Å². The second-order valence-corrected chi connectivity index (χ2v) is 8.26. The summed E-state index contributed by atoms with van der Waals surface area (Å²) < 4.78 is 7.74. The first-order chi connectivity index (χ1) is 13.0. The van der Waals surface area contributed by atoms with Gasteiger partial charge >= 0.3 is 5.97 Å². The van der Waals surface area contributed by atoms with Crippen LogP contribution in [0.3, 0.4) is 0 Å². The molecular formula is C20H17BrN2O3S. The number of benzene rings is 1. The van der Waals surface area contributed by atoms with Crippen LogP contribution in [0, 0.1) is 13.8 Å². The van der Waals surface area contributed by atoms with Gasteiger partial charge in [0, 0.05) is 17.3 Å². The van der Waals surface area contributed by atoms with E-state index in [0.29, 0.717) is 4.88 Å². The van der Waals surface area contributed by atoms with Crippen molar-refractivity contribution in [2.45, 2.75) is 13.8 Å². The number of nitrogens with zero attached hydrogens (tertiary/aromatic N) is 2. The van der Waals surface area contributed by atoms with Gasteiger partial charge in [0.25, 0.3) is 0 Å². The molecule has 5 nitrogen and oxygen atoms in total. The standard InChI is InChI=1S/C20H17BrN2O3S/c1-13-16(14(2)23(22-13)15-6-4-3-5-7-15)8-11-20(25)26-12-17(24)18-9-10-19(21)27-18/h3-11H,12H2,1-2H3/b11-8+. The highest BCUT2D eigenvalue weighted by molar-refractivity contribution is 9.11. The molecule has 0 aliphatic rings. The number of halogens is 1. The monoisotopic (exact) mass is 444 g/mol. The number of Topliss-reactive ketones (excluding diaryl/α,β-unsaturated/α-hetero) is 1. The van der Waals surface area contributed by atoms with E-state index in [2.05, 4.69) is 21.0 Å². The minimum Gasteiger partial charge on any atom is -0.454 e. The largest absolute Gasteiger partial charge is 0.454 e. The lowest BCUT2D eigenvalue weighted by molar-refractivity contribution is -0.136. The molecule has 2 heterocycles. The Kier molecular flexibility index (Phi) is 6.03. The van der Waals surface area contributed by atoms with Crippen molar-refractivity contribution in [3.8, 4) is 5.69 Å². The molecule has 0 saturated heterocycles. The van der Waals surface area contributed by atoms with Gasteiger partial charge in [0.1, 0.15) is 0 Å². The maximum absolute atomic E-state index is 12.0. The molecule has 1 aromatic carbocycles. The lowest BCUT2D eigenvalue weighted by atomic mass is 10.2. The predicted molar refractivity (Wildman–Crippen MR) is 109 cm³/mol. The molecule has 0 spiro atoms. The molecule has 138 valence electrons. The Hall–Kier alpha value is -2.51. The first-order valence-electron chi connectivity index (χ1n) is 8.20. The summed E-state index contributed by atoms with van der Waals surface area (Å²) in [5.74, 6) is -0.790. The van der Waals surface area contributed by atoms with Crippen LogP contribution in [0.2, 0.25) is 0 Å². The van der Waals surface area contributed by atoms with Gasteiger partial charge in [0.05, 0.1) is 20.0 Å². The van der Waals surface area contributed by atoms with Gasteiger partial charge in [-0.15, -0.1) is 11.3 Å². The number of ketones is 1. The topological polar surface area (TPSA) is 61.2 Å². The second-order valence-electron chi connectivity index (χ2n) is 5.80. The molecule has 0 unspecified atom stereocenters. The van der Waals surface area contributed by atoms with Crippen molar-refractivity contribution < 1.29 is 14.3 Å². The average molecular weight is 445 g/mol. The van der Waals surface area contributed by atoms with Gasteiger partial charge in [-0.05, 0) is 60.1 Å². The first-order valence-corrected chi connectivity index (χ1v) is 9.81. The number of aromatic nitrogens is 2. The summed E-state index contributed by atoms with van der Waals surface area (Å²) in [6, 6.07) is 13.3. The lowest BCUT2D eigenvalue weighted by Gasteiger charge is -2.03. The fourth-order valence-electron chi connectivity index (χ4n) is 2.59. The number of ether oxygens (including phenoxy) is 1. The van der Waals surface area contributed by atoms with Gasteiger partial charge < -0.3 is 4.74 Å². The van der Waals surface area contributed by atoms with Crippen LogP contribution in [0.15, 0.2) is 52.3 Å². The molecule has 2 aromatic heterocycles. The molecule has 0 atom stereocenters. The van der Waals surface area contributed by atoms with Crippen molar-refractivity contribution in [3.63, 3.8) is 0 Å². The second kappa shape index (κ2) is 8.45. The zero-order valence-electron chi connectivity index (χ0n) is 14.8. The molecule has 3 rings (SSSR count). The van der Waals surface area contributed by atoms with Crippen LogP contribution in [0.4, 0.5) is 0 Å². The smallest absolute Gasteiger partial charge is 0.331 e. The van der Waals surface area contributed by atoms with Crippen LogP contribution in [-0.4, -0.2) is 28.1 Å². The first kappa shape index (κ1) is 19.3. The Bertz CT molecular complexity index is 1010. The van der Waals surface area contributed by atoms with E-state index in [-0.39, 0.29) is 12.4 Å². The van der Waals surface area contributed by atoms with Crippen molar-refractivity contribution >= 4 is 45.1 Å². The minimum atomic E-state index is -0.565. The van der Waals surface area contributed by atoms with Crippen molar-refractivity contribution in [2.24, 2.45) is 0 Å². The molecule has 27 heavy (non-hydrogen) atoms. The summed E-state index contributed by atoms with van der Waals surface area (Å²) in [5.41, 5.74) is 3.53. The number of carbonyl (C=O) groups excluding carboxylic acids is 2. The number of hydrogen-bond acceptors (Lipinski definition) is 5. The summed E-state index contributed by atoms with van der Waals surface area (Å²) in [4.78, 5) is 24.5. The quantitative estimate of drug-likeness (QED) is 0.312. The highest BCUT2D eigenvalue weighted by Crippen LogP contribution is 2.22. The minimum absolute atomic E-state index is 0.225. The van der Waals surface area contributed by atoms with Crippen molar-refractivity contribution in [2.75, 3.05) is 6.61 Å². The van der Waals surface area contributed by atoms with E-state index in [9.17, 15) is 9.59 Å². The molecule has 0 amide bonds. The molecule has 0 N–H and O–H groups in total. The van der Waals surface area contributed by atoms with Crippen molar-refractivity contribution in [1.29, 1.82) is 0 Å². The Morgan fingerprint density at radius 1 is 1.19 bits per heavy atom. The number of hydrogen-bond donors (Lipinski definition) is 0. The van der Waals surface area contributed by atoms with E-state index in [1.165, 1.54) is 17.4 Å². The molecule has 0 saturated carbocycles. The fourth-order valence-corrected chi connectivity index (χ4v) is 3.90. The van der Waals surface area contributed by atoms with E-state index in [1.807, 2.05) is 48.9 Å². The normalized spacial score (nSPS) is 11.1. The third-order valence-electron chi connectivity index (χ3n) is 3.93. The SMILES string of the molecule is Cc1nn(-c2ccccc2)c(C)c1/C=C/C(=O)OCC(=O)c1ccc(Br)s1. The van der Waals surface area contributed by atoms with Gasteiger partial charge in [-0.2, -0.15) is 5.10 Å². The summed E-state index contributed by atoms with van der Waals surface area (Å²) in [6.07, 6.45) is 3.00. The molecule has 3 aromatic rings. The van der Waals surface area contributed by atoms with Crippen molar-refractivity contribution in [3.05, 3.63) is 74.2 Å². The lowest BCUT2D eigenvalue weighted by Crippen LogP contribution is -2.11. The Labute approximate surface area is 169 Å². The number of esters is 1. The molecular weight excluding hydrogens is 428 g/mol. The maximum atomic E-state index is 12.0. The number of para-hydroxylation sites is 1. The Balaban J connectivity index is 1.66. The van der Waals surface area contributed by atoms with E-state index < -0.39 is 5.97 Å². The van der Waals surface area contributed by atoms with Crippen LogP contribution < -0.4 is 0 Å². The van der Waals surface area contributed by atoms with Crippen LogP contribution in [0.1, 0.15) is 26.6 Å². The van der Waals surface area contributed by atoms with E-state index in [0.717, 1.165) is 26.4 Å². The molecule has 0 aliphatic heterocycles. The van der Waals surface area contributed by atoms with E-state index >= 15 is 0 Å². The average Bonchev–Trinajstić information content (AvgIpc) is 3.22. The zero-order valence-corrected chi connectivity index (χ0v) is 17.2. The summed E-state index contributed by atoms with van der Waals surface area (Å²) >= 11 is 4.61. The third kappa shape index (κ3) is 4.61. The molecule has 0 bridgehead atoms. The van der Waals surface area contributed by atoms with E-state index in [4.69, 9.17) is 4.74 Å². The third-order valence-corrected chi connectivity index (χ3v) is 5.59. The van der Waals surface area contributed by atoms with Gasteiger partial charge in [0.15, 0.2) is 6.61 Å². The molecule has 0 radical (unpaired) electrons. The van der Waals surface area contributed by atoms with Gasteiger partial charge in [0.2, 0.25) is 5.78 Å². The number of carbonyl (C=O) groups is 2. The number of thiophene rings is 1. The van der Waals surface area contributed by atoms with Crippen molar-refractivity contribution in [1.82, 2.24) is 9.78 Å². The summed E-state index contributed by atoms with van der Waals surface area (Å²) in [7, 11) is 0. The number of rotatable bonds is 6. The van der Waals surface area contributed by atoms with Crippen LogP contribution in [0.5, 0.6) is 0 Å². The molecule has 7 heteroatoms. The summed E-state index contributed by atoms with van der Waals surface area (Å²) in [5, 5.41) is 4.53. The van der Waals surface area contributed by atoms with Crippen LogP contribution in [-0.2, 0) is 9.53 Å². The Morgan fingerprint density at radius 3 is 2.59 bits per heavy atom. The zero-order chi connectivity index (χ0) is 19.4.